The molecule has 1 aromatic heterocycles. The van der Waals surface area contributed by atoms with E-state index >= 15 is 0 Å². The minimum absolute atomic E-state index is 0.146. The highest BCUT2D eigenvalue weighted by molar-refractivity contribution is 7.17. The van der Waals surface area contributed by atoms with Gasteiger partial charge >= 0.3 is 0 Å². The number of primary amides is 1. The van der Waals surface area contributed by atoms with Crippen LogP contribution in [0.1, 0.15) is 51.9 Å². The van der Waals surface area contributed by atoms with Crippen LogP contribution in [0.3, 0.4) is 0 Å². The zero-order valence-electron chi connectivity index (χ0n) is 19.3. The van der Waals surface area contributed by atoms with E-state index in [2.05, 4.69) is 5.32 Å². The number of fused-ring (bicyclic) bond motifs is 1. The zero-order chi connectivity index (χ0) is 25.4. The largest absolute Gasteiger partial charge is 0.365 e. The number of nitrogens with one attached hydrogen (secondary N) is 1. The molecule has 36 heavy (non-hydrogen) atoms. The molecule has 3 aromatic carbocycles. The van der Waals surface area contributed by atoms with Crippen molar-refractivity contribution < 1.29 is 19.2 Å². The second-order valence-electron chi connectivity index (χ2n) is 8.36. The topological polar surface area (TPSA) is 110 Å². The van der Waals surface area contributed by atoms with E-state index in [0.29, 0.717) is 10.6 Å². The number of benzene rings is 3. The summed E-state index contributed by atoms with van der Waals surface area (Å²) in [6.45, 7) is 2.00. The first-order valence-corrected chi connectivity index (χ1v) is 12.0. The summed E-state index contributed by atoms with van der Waals surface area (Å²) in [4.78, 5) is 53.3. The van der Waals surface area contributed by atoms with Crippen LogP contribution in [0.4, 0.5) is 5.00 Å². The van der Waals surface area contributed by atoms with Gasteiger partial charge in [-0.1, -0.05) is 60.7 Å². The molecule has 3 N–H and O–H groups in total. The van der Waals surface area contributed by atoms with Crippen LogP contribution in [-0.4, -0.2) is 28.5 Å². The molecule has 0 aliphatic carbocycles. The molecule has 5 rings (SSSR count). The highest BCUT2D eigenvalue weighted by atomic mass is 32.1. The number of hydrogen-bond acceptors (Lipinski definition) is 5. The predicted octanol–water partition coefficient (Wildman–Crippen LogP) is 4.87. The van der Waals surface area contributed by atoms with Crippen LogP contribution in [0.25, 0.3) is 11.1 Å². The summed E-state index contributed by atoms with van der Waals surface area (Å²) in [6.07, 6.45) is 0. The monoisotopic (exact) mass is 495 g/mol. The van der Waals surface area contributed by atoms with E-state index in [-0.39, 0.29) is 28.8 Å². The molecular formula is C28H21N3O4S. The molecular weight excluding hydrogens is 474 g/mol. The van der Waals surface area contributed by atoms with Crippen molar-refractivity contribution in [3.8, 4) is 11.1 Å². The van der Waals surface area contributed by atoms with Gasteiger partial charge in [0.2, 0.25) is 0 Å². The third-order valence-electron chi connectivity index (χ3n) is 6.04. The van der Waals surface area contributed by atoms with Crippen molar-refractivity contribution in [2.45, 2.75) is 13.5 Å². The lowest BCUT2D eigenvalue weighted by molar-refractivity contribution is 0.0642. The average molecular weight is 496 g/mol. The Kier molecular flexibility index (Phi) is 5.95. The van der Waals surface area contributed by atoms with Crippen LogP contribution in [-0.2, 0) is 6.54 Å². The second-order valence-corrected chi connectivity index (χ2v) is 9.59. The summed E-state index contributed by atoms with van der Waals surface area (Å²) in [7, 11) is 0. The van der Waals surface area contributed by atoms with Crippen LogP contribution in [0, 0.1) is 6.92 Å². The molecule has 0 saturated carbocycles. The van der Waals surface area contributed by atoms with Crippen LogP contribution in [0.2, 0.25) is 0 Å². The molecule has 1 aliphatic heterocycles. The Morgan fingerprint density at radius 3 is 2.19 bits per heavy atom. The molecule has 2 heterocycles. The van der Waals surface area contributed by atoms with Crippen LogP contribution >= 0.6 is 11.3 Å². The fraction of sp³-hybridized carbons (Fsp3) is 0.0714. The number of imide groups is 1. The maximum Gasteiger partial charge on any atom is 0.261 e. The SMILES string of the molecule is Cc1sc(NC(=O)c2ccc3c(c2)C(=O)N(Cc2ccccc2)C3=O)c(C(N)=O)c1-c1ccccc1. The van der Waals surface area contributed by atoms with Gasteiger partial charge in [-0.15, -0.1) is 11.3 Å². The maximum atomic E-state index is 13.1. The van der Waals surface area contributed by atoms with Gasteiger partial charge in [-0.25, -0.2) is 0 Å². The Morgan fingerprint density at radius 2 is 1.53 bits per heavy atom. The minimum Gasteiger partial charge on any atom is -0.365 e. The van der Waals surface area contributed by atoms with Gasteiger partial charge in [0.15, 0.2) is 0 Å². The highest BCUT2D eigenvalue weighted by Crippen LogP contribution is 2.40. The molecule has 0 atom stereocenters. The van der Waals surface area contributed by atoms with Crippen molar-refractivity contribution in [2.75, 3.05) is 5.32 Å². The van der Waals surface area contributed by atoms with Gasteiger partial charge in [-0.2, -0.15) is 0 Å². The summed E-state index contributed by atoms with van der Waals surface area (Å²) < 4.78 is 0. The molecule has 0 saturated heterocycles. The van der Waals surface area contributed by atoms with Crippen molar-refractivity contribution in [1.29, 1.82) is 0 Å². The fourth-order valence-corrected chi connectivity index (χ4v) is 5.41. The quantitative estimate of drug-likeness (QED) is 0.372. The van der Waals surface area contributed by atoms with Crippen LogP contribution in [0.15, 0.2) is 78.9 Å². The number of nitrogens with two attached hydrogens (primary N) is 1. The highest BCUT2D eigenvalue weighted by Gasteiger charge is 2.36. The molecule has 4 amide bonds. The first-order valence-electron chi connectivity index (χ1n) is 11.2. The lowest BCUT2D eigenvalue weighted by atomic mass is 10.0. The summed E-state index contributed by atoms with van der Waals surface area (Å²) >= 11 is 1.25. The molecule has 8 heteroatoms. The number of carbonyl (C=O) groups excluding carboxylic acids is 4. The Bertz CT molecular complexity index is 1530. The fourth-order valence-electron chi connectivity index (χ4n) is 4.34. The Morgan fingerprint density at radius 1 is 0.889 bits per heavy atom. The molecule has 4 aromatic rings. The summed E-state index contributed by atoms with van der Waals surface area (Å²) in [5.74, 6) is -2.02. The summed E-state index contributed by atoms with van der Waals surface area (Å²) in [5.41, 5.74) is 8.87. The number of aryl methyl sites for hydroxylation is 1. The van der Waals surface area contributed by atoms with E-state index < -0.39 is 23.6 Å². The van der Waals surface area contributed by atoms with Crippen LogP contribution in [0.5, 0.6) is 0 Å². The molecule has 0 radical (unpaired) electrons. The third kappa shape index (κ3) is 4.08. The molecule has 0 spiro atoms. The molecule has 0 unspecified atom stereocenters. The van der Waals surface area contributed by atoms with Crippen molar-refractivity contribution in [3.63, 3.8) is 0 Å². The van der Waals surface area contributed by atoms with Gasteiger partial charge in [0.05, 0.1) is 23.2 Å². The van der Waals surface area contributed by atoms with Crippen molar-refractivity contribution in [1.82, 2.24) is 4.90 Å². The van der Waals surface area contributed by atoms with E-state index in [9.17, 15) is 19.2 Å². The van der Waals surface area contributed by atoms with Crippen molar-refractivity contribution in [3.05, 3.63) is 112 Å². The normalized spacial score (nSPS) is 12.5. The van der Waals surface area contributed by atoms with Gasteiger partial charge in [0.1, 0.15) is 5.00 Å². The molecule has 0 bridgehead atoms. The maximum absolute atomic E-state index is 13.1. The molecule has 178 valence electrons. The predicted molar refractivity (Wildman–Crippen MR) is 138 cm³/mol. The zero-order valence-corrected chi connectivity index (χ0v) is 20.1. The van der Waals surface area contributed by atoms with Crippen LogP contribution < -0.4 is 11.1 Å². The number of nitrogens with zero attached hydrogens (tertiary/aromatic N) is 1. The Labute approximate surface area is 211 Å². The van der Waals surface area contributed by atoms with Crippen molar-refractivity contribution in [2.24, 2.45) is 5.73 Å². The van der Waals surface area contributed by atoms with Gasteiger partial charge in [0.25, 0.3) is 23.6 Å². The van der Waals surface area contributed by atoms with E-state index in [1.807, 2.05) is 67.6 Å². The first kappa shape index (κ1) is 23.2. The lowest BCUT2D eigenvalue weighted by Gasteiger charge is -2.13. The third-order valence-corrected chi connectivity index (χ3v) is 7.06. The molecule has 7 nitrogen and oxygen atoms in total. The molecule has 0 fully saturated rings. The van der Waals surface area contributed by atoms with Crippen molar-refractivity contribution >= 4 is 40.0 Å². The number of thiophene rings is 1. The van der Waals surface area contributed by atoms with E-state index in [0.717, 1.165) is 16.0 Å². The van der Waals surface area contributed by atoms with E-state index in [4.69, 9.17) is 5.73 Å². The Hall–Kier alpha value is -4.56. The minimum atomic E-state index is -0.653. The summed E-state index contributed by atoms with van der Waals surface area (Å²) in [6, 6.07) is 22.9. The number of anilines is 1. The number of hydrogen-bond donors (Lipinski definition) is 2. The average Bonchev–Trinajstić information content (AvgIpc) is 3.33. The van der Waals surface area contributed by atoms with Gasteiger partial charge < -0.3 is 11.1 Å². The molecule has 1 aliphatic rings. The Balaban J connectivity index is 1.43. The number of carbonyl (C=O) groups is 4. The van der Waals surface area contributed by atoms with E-state index in [1.54, 1.807) is 0 Å². The second kappa shape index (κ2) is 9.24. The number of amides is 4. The van der Waals surface area contributed by atoms with E-state index in [1.165, 1.54) is 34.4 Å². The summed E-state index contributed by atoms with van der Waals surface area (Å²) in [5, 5.41) is 3.11. The van der Waals surface area contributed by atoms with Gasteiger partial charge in [-0.3, -0.25) is 24.1 Å². The standard InChI is InChI=1S/C28H21N3O4S/c1-16-22(18-10-6-3-7-11-18)23(24(29)32)26(36-16)30-25(33)19-12-13-20-21(14-19)28(35)31(27(20)34)15-17-8-4-2-5-9-17/h2-14H,15H2,1H3,(H2,29,32)(H,30,33). The van der Waals surface area contributed by atoms with Gasteiger partial charge in [0, 0.05) is 16.0 Å². The smallest absolute Gasteiger partial charge is 0.261 e. The lowest BCUT2D eigenvalue weighted by Crippen LogP contribution is -2.29. The number of rotatable bonds is 6. The first-order chi connectivity index (χ1) is 17.3. The van der Waals surface area contributed by atoms with Gasteiger partial charge in [-0.05, 0) is 36.2 Å².